The van der Waals surface area contributed by atoms with Crippen LogP contribution in [0.4, 0.5) is 0 Å². The van der Waals surface area contributed by atoms with Crippen LogP contribution in [0.15, 0.2) is 0 Å². The lowest BCUT2D eigenvalue weighted by atomic mass is 10.6. The van der Waals surface area contributed by atoms with E-state index in [0.717, 1.165) is 6.04 Å². The monoisotopic (exact) mass is 319 g/mol. The van der Waals surface area contributed by atoms with Crippen molar-refractivity contribution in [2.45, 2.75) is 19.4 Å². The second-order valence-corrected chi connectivity index (χ2v) is 9.32. The number of halogens is 1. The Balaban J connectivity index is 3.68. The van der Waals surface area contributed by atoms with Crippen LogP contribution in [0, 0.1) is 0 Å². The molecule has 0 unspecified atom stereocenters. The van der Waals surface area contributed by atoms with Gasteiger partial charge in [0, 0.05) is 27.4 Å². The topological polar surface area (TPSA) is 27.7 Å². The highest BCUT2D eigenvalue weighted by Gasteiger charge is 2.37. The molecule has 13 heavy (non-hydrogen) atoms. The minimum atomic E-state index is -2.25. The van der Waals surface area contributed by atoms with Crippen LogP contribution in [0.25, 0.3) is 0 Å². The summed E-state index contributed by atoms with van der Waals surface area (Å²) in [4.78, 5) is 0. The highest BCUT2D eigenvalue weighted by atomic mass is 127. The number of alkyl halides is 2. The molecule has 0 atom stereocenters. The van der Waals surface area contributed by atoms with E-state index in [0.29, 0.717) is 21.2 Å². The molecule has 0 aromatic heterocycles. The summed E-state index contributed by atoms with van der Waals surface area (Å²) in [6, 6.07) is 0.955. The van der Waals surface area contributed by atoms with Crippen molar-refractivity contribution < 1.29 is 34.5 Å². The maximum Gasteiger partial charge on any atom is 0.500 e. The van der Waals surface area contributed by atoms with E-state index in [9.17, 15) is 0 Å². The standard InChI is InChI=1S/C8H20IO3Si/c1-5-9-7-6-8-13(10-2,11-3)12-4/h5-8H2,1-4H3/q+1. The van der Waals surface area contributed by atoms with Gasteiger partial charge in [-0.2, -0.15) is 0 Å². The maximum atomic E-state index is 5.32. The minimum Gasteiger partial charge on any atom is -0.377 e. The molecular formula is C8H20IO3Si+. The summed E-state index contributed by atoms with van der Waals surface area (Å²) in [5.41, 5.74) is 0. The number of hydrogen-bond donors (Lipinski definition) is 0. The van der Waals surface area contributed by atoms with Crippen molar-refractivity contribution in [3.63, 3.8) is 0 Å². The van der Waals surface area contributed by atoms with Gasteiger partial charge in [0.05, 0.1) is 0 Å². The van der Waals surface area contributed by atoms with Crippen LogP contribution in [0.3, 0.4) is 0 Å². The lowest BCUT2D eigenvalue weighted by Crippen LogP contribution is -3.63. The van der Waals surface area contributed by atoms with E-state index in [1.54, 1.807) is 21.3 Å². The molecule has 0 aliphatic carbocycles. The second-order valence-electron chi connectivity index (χ2n) is 2.54. The lowest BCUT2D eigenvalue weighted by molar-refractivity contribution is -0.651. The van der Waals surface area contributed by atoms with Crippen LogP contribution in [-0.2, 0) is 13.3 Å². The quantitative estimate of drug-likeness (QED) is 0.233. The zero-order valence-electron chi connectivity index (χ0n) is 8.93. The molecule has 0 radical (unpaired) electrons. The predicted octanol–water partition coefficient (Wildman–Crippen LogP) is -1.64. The van der Waals surface area contributed by atoms with Crippen molar-refractivity contribution in [2.24, 2.45) is 0 Å². The van der Waals surface area contributed by atoms with Crippen molar-refractivity contribution >= 4 is 8.80 Å². The molecule has 3 nitrogen and oxygen atoms in total. The first-order valence-corrected chi connectivity index (χ1v) is 9.42. The van der Waals surface area contributed by atoms with Crippen LogP contribution < -0.4 is 21.2 Å². The van der Waals surface area contributed by atoms with E-state index < -0.39 is 8.80 Å². The lowest BCUT2D eigenvalue weighted by Gasteiger charge is -2.23. The van der Waals surface area contributed by atoms with E-state index in [4.69, 9.17) is 13.3 Å². The number of rotatable bonds is 8. The average Bonchev–Trinajstić information content (AvgIpc) is 2.20. The predicted molar refractivity (Wildman–Crippen MR) is 51.6 cm³/mol. The first-order chi connectivity index (χ1) is 6.24. The Bertz CT molecular complexity index is 112. The van der Waals surface area contributed by atoms with Gasteiger partial charge in [0.2, 0.25) is 0 Å². The van der Waals surface area contributed by atoms with Gasteiger partial charge in [-0.15, -0.1) is 0 Å². The van der Waals surface area contributed by atoms with Gasteiger partial charge in [-0.3, -0.25) is 0 Å². The van der Waals surface area contributed by atoms with E-state index in [2.05, 4.69) is 6.92 Å². The molecule has 0 aromatic rings. The van der Waals surface area contributed by atoms with Crippen LogP contribution >= 0.6 is 0 Å². The van der Waals surface area contributed by atoms with Crippen molar-refractivity contribution in [1.29, 1.82) is 0 Å². The van der Waals surface area contributed by atoms with Gasteiger partial charge < -0.3 is 13.3 Å². The summed E-state index contributed by atoms with van der Waals surface area (Å²) in [6.07, 6.45) is 1.18. The van der Waals surface area contributed by atoms with Crippen molar-refractivity contribution in [3.05, 3.63) is 0 Å². The van der Waals surface area contributed by atoms with Crippen molar-refractivity contribution in [2.75, 3.05) is 30.2 Å². The normalized spacial score (nSPS) is 12.0. The van der Waals surface area contributed by atoms with Gasteiger partial charge in [-0.1, -0.05) is 0 Å². The molecule has 0 rings (SSSR count). The molecule has 0 aromatic carbocycles. The summed E-state index contributed by atoms with van der Waals surface area (Å²) < 4.78 is 18.7. The Morgan fingerprint density at radius 2 is 1.62 bits per heavy atom. The first kappa shape index (κ1) is 13.8. The van der Waals surface area contributed by atoms with Crippen LogP contribution in [0.2, 0.25) is 6.04 Å². The third-order valence-corrected chi connectivity index (χ3v) is 7.31. The third-order valence-electron chi connectivity index (χ3n) is 1.87. The largest absolute Gasteiger partial charge is 0.500 e. The molecular weight excluding hydrogens is 299 g/mol. The zero-order valence-corrected chi connectivity index (χ0v) is 12.1. The summed E-state index contributed by atoms with van der Waals surface area (Å²) in [5.74, 6) is 0. The molecule has 80 valence electrons. The number of hydrogen-bond acceptors (Lipinski definition) is 3. The Morgan fingerprint density at radius 3 is 2.00 bits per heavy atom. The Kier molecular flexibility index (Phi) is 8.68. The van der Waals surface area contributed by atoms with Gasteiger partial charge in [-0.05, 0) is 13.3 Å². The van der Waals surface area contributed by atoms with Crippen molar-refractivity contribution in [3.8, 4) is 0 Å². The molecule has 0 heterocycles. The molecule has 0 saturated heterocycles. The molecule has 0 aliphatic rings. The third kappa shape index (κ3) is 5.31. The SMILES string of the molecule is CC[I+]CCC[Si](OC)(OC)OC. The molecule has 0 spiro atoms. The Labute approximate surface area is 92.8 Å². The van der Waals surface area contributed by atoms with E-state index in [-0.39, 0.29) is 0 Å². The Hall–Kier alpha value is 0.827. The van der Waals surface area contributed by atoms with Gasteiger partial charge in [0.25, 0.3) is 21.2 Å². The highest BCUT2D eigenvalue weighted by Crippen LogP contribution is 2.13. The zero-order chi connectivity index (χ0) is 10.2. The summed E-state index contributed by atoms with van der Waals surface area (Å²) in [5, 5.41) is 0. The van der Waals surface area contributed by atoms with Crippen molar-refractivity contribution in [1.82, 2.24) is 0 Å². The molecule has 0 amide bonds. The molecule has 0 N–H and O–H groups in total. The summed E-state index contributed by atoms with van der Waals surface area (Å²) in [6.45, 7) is 2.25. The fraction of sp³-hybridized carbons (Fsp3) is 1.00. The molecule has 0 aliphatic heterocycles. The minimum absolute atomic E-state index is 0.413. The molecule has 0 saturated carbocycles. The summed E-state index contributed by atoms with van der Waals surface area (Å²) in [7, 11) is 2.77. The van der Waals surface area contributed by atoms with Crippen LogP contribution in [-0.4, -0.2) is 39.0 Å². The van der Waals surface area contributed by atoms with E-state index in [1.807, 2.05) is 0 Å². The van der Waals surface area contributed by atoms with E-state index >= 15 is 0 Å². The fourth-order valence-corrected chi connectivity index (χ4v) is 5.19. The average molecular weight is 319 g/mol. The molecule has 5 heteroatoms. The van der Waals surface area contributed by atoms with Gasteiger partial charge in [0.1, 0.15) is 8.86 Å². The van der Waals surface area contributed by atoms with E-state index in [1.165, 1.54) is 15.3 Å². The second kappa shape index (κ2) is 8.16. The maximum absolute atomic E-state index is 5.32. The smallest absolute Gasteiger partial charge is 0.377 e. The first-order valence-electron chi connectivity index (χ1n) is 4.43. The fourth-order valence-electron chi connectivity index (χ4n) is 1.07. The van der Waals surface area contributed by atoms with Gasteiger partial charge in [0.15, 0.2) is 0 Å². The van der Waals surface area contributed by atoms with Gasteiger partial charge >= 0.3 is 8.80 Å². The summed E-state index contributed by atoms with van der Waals surface area (Å²) >= 11 is 0.413. The Morgan fingerprint density at radius 1 is 1.08 bits per heavy atom. The van der Waals surface area contributed by atoms with Crippen LogP contribution in [0.5, 0.6) is 0 Å². The highest BCUT2D eigenvalue weighted by molar-refractivity contribution is 6.60. The van der Waals surface area contributed by atoms with Gasteiger partial charge in [-0.25, -0.2) is 0 Å². The molecule has 0 fully saturated rings. The van der Waals surface area contributed by atoms with Crippen LogP contribution in [0.1, 0.15) is 13.3 Å². The molecule has 0 bridgehead atoms.